The van der Waals surface area contributed by atoms with E-state index < -0.39 is 0 Å². The Balaban J connectivity index is 2.54. The number of carbonyl (C=O) groups is 1. The first-order valence-electron chi connectivity index (χ1n) is 5.64. The lowest BCUT2D eigenvalue weighted by Gasteiger charge is -2.25. The van der Waals surface area contributed by atoms with E-state index in [-0.39, 0.29) is 11.9 Å². The Morgan fingerprint density at radius 3 is 2.82 bits per heavy atom. The SMILES string of the molecule is C=CCNCC(=O)N(C)C(C)c1ccncc1. The van der Waals surface area contributed by atoms with Crippen molar-refractivity contribution in [2.75, 3.05) is 20.1 Å². The molecule has 0 spiro atoms. The van der Waals surface area contributed by atoms with Gasteiger partial charge in [-0.1, -0.05) is 6.08 Å². The Kier molecular flexibility index (Phi) is 5.36. The normalized spacial score (nSPS) is 11.9. The van der Waals surface area contributed by atoms with Crippen molar-refractivity contribution in [3.63, 3.8) is 0 Å². The number of aromatic nitrogens is 1. The Bertz CT molecular complexity index is 364. The lowest BCUT2D eigenvalue weighted by atomic mass is 10.1. The summed E-state index contributed by atoms with van der Waals surface area (Å²) in [7, 11) is 1.81. The molecule has 1 aromatic rings. The number of nitrogens with zero attached hydrogens (tertiary/aromatic N) is 2. The first-order valence-corrected chi connectivity index (χ1v) is 5.64. The minimum Gasteiger partial charge on any atom is -0.338 e. The summed E-state index contributed by atoms with van der Waals surface area (Å²) in [6.45, 7) is 6.56. The van der Waals surface area contributed by atoms with Gasteiger partial charge < -0.3 is 10.2 Å². The van der Waals surface area contributed by atoms with Crippen molar-refractivity contribution in [2.24, 2.45) is 0 Å². The topological polar surface area (TPSA) is 45.2 Å². The lowest BCUT2D eigenvalue weighted by molar-refractivity contribution is -0.130. The van der Waals surface area contributed by atoms with Crippen LogP contribution in [0.1, 0.15) is 18.5 Å². The second kappa shape index (κ2) is 6.81. The van der Waals surface area contributed by atoms with Crippen molar-refractivity contribution in [2.45, 2.75) is 13.0 Å². The molecule has 0 saturated heterocycles. The molecule has 0 bridgehead atoms. The van der Waals surface area contributed by atoms with Crippen molar-refractivity contribution in [3.05, 3.63) is 42.7 Å². The van der Waals surface area contributed by atoms with Gasteiger partial charge in [-0.05, 0) is 24.6 Å². The average Bonchev–Trinajstić information content (AvgIpc) is 2.38. The molecule has 1 N–H and O–H groups in total. The van der Waals surface area contributed by atoms with Crippen LogP contribution in [0.4, 0.5) is 0 Å². The van der Waals surface area contributed by atoms with E-state index in [1.807, 2.05) is 26.1 Å². The molecule has 1 atom stereocenters. The molecule has 0 saturated carbocycles. The molecule has 0 aliphatic rings. The fourth-order valence-corrected chi connectivity index (χ4v) is 1.49. The number of nitrogens with one attached hydrogen (secondary N) is 1. The van der Waals surface area contributed by atoms with E-state index in [1.165, 1.54) is 0 Å². The molecule has 0 radical (unpaired) electrons. The molecule has 0 aliphatic heterocycles. The van der Waals surface area contributed by atoms with Gasteiger partial charge in [0.05, 0.1) is 12.6 Å². The van der Waals surface area contributed by atoms with Gasteiger partial charge in [0.25, 0.3) is 0 Å². The van der Waals surface area contributed by atoms with Crippen LogP contribution in [-0.2, 0) is 4.79 Å². The summed E-state index contributed by atoms with van der Waals surface area (Å²) in [5.41, 5.74) is 1.08. The van der Waals surface area contributed by atoms with Gasteiger partial charge in [0.2, 0.25) is 5.91 Å². The third-order valence-corrected chi connectivity index (χ3v) is 2.73. The quantitative estimate of drug-likeness (QED) is 0.596. The molecule has 0 aliphatic carbocycles. The highest BCUT2D eigenvalue weighted by atomic mass is 16.2. The largest absolute Gasteiger partial charge is 0.338 e. The van der Waals surface area contributed by atoms with Crippen molar-refractivity contribution in [1.29, 1.82) is 0 Å². The monoisotopic (exact) mass is 233 g/mol. The predicted molar refractivity (Wildman–Crippen MR) is 68.5 cm³/mol. The summed E-state index contributed by atoms with van der Waals surface area (Å²) in [6.07, 6.45) is 5.21. The minimum absolute atomic E-state index is 0.0519. The van der Waals surface area contributed by atoms with E-state index in [1.54, 1.807) is 23.4 Å². The van der Waals surface area contributed by atoms with Gasteiger partial charge in [0.1, 0.15) is 0 Å². The highest BCUT2D eigenvalue weighted by Crippen LogP contribution is 2.17. The van der Waals surface area contributed by atoms with Crippen LogP contribution < -0.4 is 5.32 Å². The zero-order chi connectivity index (χ0) is 12.7. The fraction of sp³-hybridized carbons (Fsp3) is 0.385. The summed E-state index contributed by atoms with van der Waals surface area (Å²) in [5.74, 6) is 0.0659. The second-order valence-corrected chi connectivity index (χ2v) is 3.88. The highest BCUT2D eigenvalue weighted by molar-refractivity contribution is 5.78. The Labute approximate surface area is 102 Å². The molecule has 17 heavy (non-hydrogen) atoms. The zero-order valence-electron chi connectivity index (χ0n) is 10.4. The van der Waals surface area contributed by atoms with E-state index in [9.17, 15) is 4.79 Å². The number of rotatable bonds is 6. The van der Waals surface area contributed by atoms with Crippen molar-refractivity contribution >= 4 is 5.91 Å². The van der Waals surface area contributed by atoms with E-state index in [0.717, 1.165) is 5.56 Å². The van der Waals surface area contributed by atoms with E-state index >= 15 is 0 Å². The Hall–Kier alpha value is -1.68. The number of hydrogen-bond donors (Lipinski definition) is 1. The molecular formula is C13H19N3O. The fourth-order valence-electron chi connectivity index (χ4n) is 1.49. The number of amides is 1. The first kappa shape index (κ1) is 13.4. The average molecular weight is 233 g/mol. The predicted octanol–water partition coefficient (Wildman–Crippen LogP) is 1.38. The summed E-state index contributed by atoms with van der Waals surface area (Å²) >= 11 is 0. The Morgan fingerprint density at radius 2 is 2.24 bits per heavy atom. The van der Waals surface area contributed by atoms with Crippen LogP contribution in [0, 0.1) is 0 Å². The Morgan fingerprint density at radius 1 is 1.59 bits per heavy atom. The summed E-state index contributed by atoms with van der Waals surface area (Å²) in [5, 5.41) is 3.00. The van der Waals surface area contributed by atoms with Crippen LogP contribution in [0.3, 0.4) is 0 Å². The molecule has 0 aromatic carbocycles. The van der Waals surface area contributed by atoms with Gasteiger partial charge in [0.15, 0.2) is 0 Å². The molecule has 4 nitrogen and oxygen atoms in total. The van der Waals surface area contributed by atoms with Gasteiger partial charge in [-0.15, -0.1) is 6.58 Å². The number of likely N-dealkylation sites (N-methyl/N-ethyl adjacent to an activating group) is 1. The standard InChI is InChI=1S/C13H19N3O/c1-4-7-15-10-13(17)16(3)11(2)12-5-8-14-9-6-12/h4-6,8-9,11,15H,1,7,10H2,2-3H3. The molecule has 1 aromatic heterocycles. The van der Waals surface area contributed by atoms with Gasteiger partial charge >= 0.3 is 0 Å². The molecule has 1 rings (SSSR count). The van der Waals surface area contributed by atoms with Crippen LogP contribution >= 0.6 is 0 Å². The van der Waals surface area contributed by atoms with Crippen LogP contribution in [0.5, 0.6) is 0 Å². The molecule has 1 unspecified atom stereocenters. The van der Waals surface area contributed by atoms with Crippen molar-refractivity contribution in [1.82, 2.24) is 15.2 Å². The minimum atomic E-state index is 0.0519. The van der Waals surface area contributed by atoms with Gasteiger partial charge in [-0.2, -0.15) is 0 Å². The number of pyridine rings is 1. The second-order valence-electron chi connectivity index (χ2n) is 3.88. The van der Waals surface area contributed by atoms with Crippen molar-refractivity contribution in [3.8, 4) is 0 Å². The van der Waals surface area contributed by atoms with Crippen LogP contribution in [-0.4, -0.2) is 35.9 Å². The zero-order valence-corrected chi connectivity index (χ0v) is 10.4. The van der Waals surface area contributed by atoms with E-state index in [2.05, 4.69) is 16.9 Å². The lowest BCUT2D eigenvalue weighted by Crippen LogP contribution is -2.37. The first-order chi connectivity index (χ1) is 8.16. The molecule has 1 heterocycles. The summed E-state index contributed by atoms with van der Waals surface area (Å²) < 4.78 is 0. The van der Waals surface area contributed by atoms with Gasteiger partial charge in [-0.3, -0.25) is 9.78 Å². The smallest absolute Gasteiger partial charge is 0.236 e. The molecule has 92 valence electrons. The van der Waals surface area contributed by atoms with Gasteiger partial charge in [-0.25, -0.2) is 0 Å². The maximum Gasteiger partial charge on any atom is 0.236 e. The molecule has 4 heteroatoms. The van der Waals surface area contributed by atoms with E-state index in [0.29, 0.717) is 13.1 Å². The summed E-state index contributed by atoms with van der Waals surface area (Å²) in [4.78, 5) is 17.5. The molecule has 1 amide bonds. The summed E-state index contributed by atoms with van der Waals surface area (Å²) in [6, 6.07) is 3.90. The molecular weight excluding hydrogens is 214 g/mol. The van der Waals surface area contributed by atoms with Crippen LogP contribution in [0.2, 0.25) is 0 Å². The molecule has 0 fully saturated rings. The van der Waals surface area contributed by atoms with E-state index in [4.69, 9.17) is 0 Å². The van der Waals surface area contributed by atoms with Gasteiger partial charge in [0, 0.05) is 26.0 Å². The third kappa shape index (κ3) is 4.00. The van der Waals surface area contributed by atoms with Crippen molar-refractivity contribution < 1.29 is 4.79 Å². The van der Waals surface area contributed by atoms with Crippen LogP contribution in [0.25, 0.3) is 0 Å². The number of carbonyl (C=O) groups excluding carboxylic acids is 1. The van der Waals surface area contributed by atoms with Crippen LogP contribution in [0.15, 0.2) is 37.2 Å². The highest BCUT2D eigenvalue weighted by Gasteiger charge is 2.16. The maximum absolute atomic E-state index is 11.8. The maximum atomic E-state index is 11.8. The number of hydrogen-bond acceptors (Lipinski definition) is 3. The third-order valence-electron chi connectivity index (χ3n) is 2.73.